The number of aromatic nitrogens is 1. The lowest BCUT2D eigenvalue weighted by Crippen LogP contribution is -2.60. The molecule has 12 nitrogen and oxygen atoms in total. The fraction of sp³-hybridized carbons (Fsp3) is 0.405. The van der Waals surface area contributed by atoms with Crippen molar-refractivity contribution in [3.8, 4) is 17.4 Å². The molecule has 3 aromatic rings. The second kappa shape index (κ2) is 18.9. The van der Waals surface area contributed by atoms with Crippen molar-refractivity contribution in [1.29, 1.82) is 0 Å². The molecule has 5 rings (SSSR count). The number of nitrogens with zero attached hydrogens (tertiary/aromatic N) is 2. The van der Waals surface area contributed by atoms with Crippen molar-refractivity contribution in [1.82, 2.24) is 15.2 Å². The van der Waals surface area contributed by atoms with Crippen LogP contribution in [0.5, 0.6) is 17.4 Å². The summed E-state index contributed by atoms with van der Waals surface area (Å²) in [5.74, 6) is -1.07. The number of hydrogen-bond donors (Lipinski definition) is 2. The minimum atomic E-state index is -5.08. The van der Waals surface area contributed by atoms with Crippen LogP contribution in [0.2, 0.25) is 0 Å². The number of alkyl halides is 3. The van der Waals surface area contributed by atoms with E-state index in [0.717, 1.165) is 40.0 Å². The van der Waals surface area contributed by atoms with E-state index >= 15 is 0 Å². The molecule has 2 atom stereocenters. The average Bonchev–Trinajstić information content (AvgIpc) is 3.12. The number of carboxylic acids is 1. The maximum absolute atomic E-state index is 12.9. The molecule has 2 aromatic carbocycles. The first-order valence-electron chi connectivity index (χ1n) is 16.5. The number of rotatable bonds is 14. The molecule has 0 radical (unpaired) electrons. The van der Waals surface area contributed by atoms with Crippen LogP contribution in [0.3, 0.4) is 0 Å². The number of ether oxygens (including phenoxy) is 5. The Hall–Kier alpha value is -5.15. The minimum Gasteiger partial charge on any atom is -0.496 e. The molecule has 1 amide bonds. The summed E-state index contributed by atoms with van der Waals surface area (Å²) < 4.78 is 60.0. The summed E-state index contributed by atoms with van der Waals surface area (Å²) in [5, 5.41) is 10.7. The number of esters is 1. The molecule has 0 saturated carbocycles. The van der Waals surface area contributed by atoms with Crippen LogP contribution in [-0.4, -0.2) is 98.2 Å². The number of pyridine rings is 1. The minimum absolute atomic E-state index is 0.0378. The third-order valence-electron chi connectivity index (χ3n) is 8.36. The number of nitrogens with one attached hydrogen (secondary N) is 1. The summed E-state index contributed by atoms with van der Waals surface area (Å²) in [6.07, 6.45) is -1.77. The van der Waals surface area contributed by atoms with Crippen molar-refractivity contribution < 1.29 is 56.3 Å². The lowest BCUT2D eigenvalue weighted by molar-refractivity contribution is -0.192. The first-order valence-corrected chi connectivity index (χ1v) is 16.5. The Balaban J connectivity index is 0.000000785. The van der Waals surface area contributed by atoms with E-state index < -0.39 is 12.1 Å². The van der Waals surface area contributed by atoms with Crippen LogP contribution in [0.1, 0.15) is 36.5 Å². The summed E-state index contributed by atoms with van der Waals surface area (Å²) in [7, 11) is 3.24. The van der Waals surface area contributed by atoms with Gasteiger partial charge in [0.25, 0.3) is 0 Å². The van der Waals surface area contributed by atoms with Crippen LogP contribution in [0.25, 0.3) is 5.57 Å². The smallest absolute Gasteiger partial charge is 0.490 e. The third-order valence-corrected chi connectivity index (χ3v) is 8.36. The Labute approximate surface area is 299 Å². The molecule has 2 bridgehead atoms. The number of benzene rings is 2. The predicted molar refractivity (Wildman–Crippen MR) is 183 cm³/mol. The summed E-state index contributed by atoms with van der Waals surface area (Å²) in [6, 6.07) is 19.1. The fourth-order valence-corrected chi connectivity index (χ4v) is 5.82. The van der Waals surface area contributed by atoms with Crippen LogP contribution in [-0.2, 0) is 36.9 Å². The number of hydrogen-bond acceptors (Lipinski definition) is 10. The second-order valence-corrected chi connectivity index (χ2v) is 12.0. The quantitative estimate of drug-likeness (QED) is 0.174. The molecule has 1 fully saturated rings. The van der Waals surface area contributed by atoms with E-state index in [1.54, 1.807) is 21.1 Å². The van der Waals surface area contributed by atoms with E-state index in [1.807, 2.05) is 71.8 Å². The number of carbonyl (C=O) groups is 3. The first-order chi connectivity index (χ1) is 24.9. The molecule has 52 heavy (non-hydrogen) atoms. The van der Waals surface area contributed by atoms with Gasteiger partial charge in [0.1, 0.15) is 18.1 Å². The topological polar surface area (TPSA) is 146 Å². The Morgan fingerprint density at radius 2 is 1.58 bits per heavy atom. The van der Waals surface area contributed by atoms with Gasteiger partial charge in [-0.3, -0.25) is 9.59 Å². The van der Waals surface area contributed by atoms with Crippen LogP contribution >= 0.6 is 0 Å². The van der Waals surface area contributed by atoms with E-state index in [-0.39, 0.29) is 37.0 Å². The number of carboxylic acid groups (broad SMARTS) is 1. The van der Waals surface area contributed by atoms with E-state index in [0.29, 0.717) is 51.0 Å². The molecule has 1 aromatic heterocycles. The number of carbonyl (C=O) groups excluding carboxylic acids is 2. The highest BCUT2D eigenvalue weighted by molar-refractivity contribution is 5.77. The van der Waals surface area contributed by atoms with Gasteiger partial charge in [-0.05, 0) is 41.3 Å². The molecule has 0 unspecified atom stereocenters. The maximum atomic E-state index is 12.9. The monoisotopic (exact) mass is 729 g/mol. The highest BCUT2D eigenvalue weighted by atomic mass is 19.4. The van der Waals surface area contributed by atoms with E-state index in [1.165, 1.54) is 0 Å². The molecule has 2 N–H and O–H groups in total. The molecule has 280 valence electrons. The summed E-state index contributed by atoms with van der Waals surface area (Å²) in [5.41, 5.74) is 4.76. The van der Waals surface area contributed by atoms with Gasteiger partial charge < -0.3 is 39.0 Å². The Kier molecular flexibility index (Phi) is 14.4. The standard InChI is InChI=1S/C35H41N3O7.C2HF3O2/c1-24(39)38-20-28-18-29(30(31(21-38)37-28)23-45-35(40)17-25-9-4-6-11-32(25)41-2)26-13-14-34(36-19-26)44-16-8-15-43-22-27-10-5-7-12-33(27)42-3;3-2(4,5)1(6)7/h4-7,9-14,19,28,31,37H,8,15-18,20-23H2,1-3H3;(H,6,7)/t28-,31-;/m1./s1. The van der Waals surface area contributed by atoms with Crippen molar-refractivity contribution in [3.63, 3.8) is 0 Å². The maximum Gasteiger partial charge on any atom is 0.490 e. The van der Waals surface area contributed by atoms with Crippen molar-refractivity contribution in [2.24, 2.45) is 0 Å². The zero-order chi connectivity index (χ0) is 37.7. The van der Waals surface area contributed by atoms with Gasteiger partial charge in [0, 0.05) is 55.9 Å². The van der Waals surface area contributed by atoms with Gasteiger partial charge in [0.15, 0.2) is 0 Å². The Bertz CT molecular complexity index is 1700. The highest BCUT2D eigenvalue weighted by Gasteiger charge is 2.38. The zero-order valence-corrected chi connectivity index (χ0v) is 29.1. The molecule has 2 aliphatic rings. The van der Waals surface area contributed by atoms with Gasteiger partial charge in [-0.2, -0.15) is 13.2 Å². The number of fused-ring (bicyclic) bond motifs is 2. The molecule has 1 saturated heterocycles. The van der Waals surface area contributed by atoms with Crippen molar-refractivity contribution in [2.75, 3.05) is 47.1 Å². The number of para-hydroxylation sites is 2. The lowest BCUT2D eigenvalue weighted by Gasteiger charge is -2.44. The number of halogens is 3. The van der Waals surface area contributed by atoms with E-state index in [4.69, 9.17) is 33.6 Å². The summed E-state index contributed by atoms with van der Waals surface area (Å²) in [6.45, 7) is 4.36. The Morgan fingerprint density at radius 1 is 0.923 bits per heavy atom. The van der Waals surface area contributed by atoms with Gasteiger partial charge in [0.05, 0.1) is 46.5 Å². The lowest BCUT2D eigenvalue weighted by atomic mass is 9.84. The molecule has 0 aliphatic carbocycles. The van der Waals surface area contributed by atoms with Gasteiger partial charge in [-0.1, -0.05) is 36.4 Å². The first kappa shape index (κ1) is 39.6. The van der Waals surface area contributed by atoms with Gasteiger partial charge in [0.2, 0.25) is 11.8 Å². The van der Waals surface area contributed by atoms with Crippen molar-refractivity contribution >= 4 is 23.4 Å². The molecule has 2 aliphatic heterocycles. The van der Waals surface area contributed by atoms with E-state index in [2.05, 4.69) is 10.3 Å². The van der Waals surface area contributed by atoms with E-state index in [9.17, 15) is 22.8 Å². The number of piperazine rings is 1. The highest BCUT2D eigenvalue weighted by Crippen LogP contribution is 2.33. The van der Waals surface area contributed by atoms with Crippen molar-refractivity contribution in [3.05, 3.63) is 89.1 Å². The molecular weight excluding hydrogens is 687 g/mol. The summed E-state index contributed by atoms with van der Waals surface area (Å²) >= 11 is 0. The van der Waals surface area contributed by atoms with Crippen molar-refractivity contribution in [2.45, 2.75) is 51.1 Å². The van der Waals surface area contributed by atoms with Crippen LogP contribution in [0.15, 0.2) is 72.4 Å². The SMILES string of the molecule is COc1ccccc1COCCCOc1ccc(C2=C(COC(=O)Cc3ccccc3OC)[C@H]3CN(C(C)=O)C[C@@H](C2)N3)cn1.O=C(O)C(F)(F)F. The normalized spacial score (nSPS) is 16.7. The molecule has 3 heterocycles. The molecular formula is C37H42F3N3O9. The third kappa shape index (κ3) is 11.4. The van der Waals surface area contributed by atoms with Crippen LogP contribution < -0.4 is 19.5 Å². The molecule has 0 spiro atoms. The molecule has 15 heteroatoms. The predicted octanol–water partition coefficient (Wildman–Crippen LogP) is 4.85. The number of amides is 1. The Morgan fingerprint density at radius 3 is 2.19 bits per heavy atom. The summed E-state index contributed by atoms with van der Waals surface area (Å²) in [4.78, 5) is 40.4. The number of methoxy groups -OCH3 is 2. The zero-order valence-electron chi connectivity index (χ0n) is 29.1. The fourth-order valence-electron chi connectivity index (χ4n) is 5.82. The number of aliphatic carboxylic acids is 1. The van der Waals surface area contributed by atoms with Crippen LogP contribution in [0.4, 0.5) is 13.2 Å². The second-order valence-electron chi connectivity index (χ2n) is 12.0. The van der Waals surface area contributed by atoms with Gasteiger partial charge >= 0.3 is 18.1 Å². The van der Waals surface area contributed by atoms with Crippen LogP contribution in [0, 0.1) is 0 Å². The van der Waals surface area contributed by atoms with Gasteiger partial charge in [-0.25, -0.2) is 9.78 Å². The average molecular weight is 730 g/mol. The van der Waals surface area contributed by atoms with Gasteiger partial charge in [-0.15, -0.1) is 0 Å². The largest absolute Gasteiger partial charge is 0.496 e.